The number of carbonyl (C=O) groups excluding carboxylic acids is 2. The molecule has 0 bridgehead atoms. The number of anilines is 1. The average molecular weight is 402 g/mol. The van der Waals surface area contributed by atoms with Gasteiger partial charge in [0.25, 0.3) is 0 Å². The quantitative estimate of drug-likeness (QED) is 0.725. The van der Waals surface area contributed by atoms with Crippen LogP contribution in [0.5, 0.6) is 0 Å². The standard InChI is InChI=1S/C14H14Br2N2O2/c15-9-4-5-10(16)12(7-9)18-8-13(19)17-6-2-1-3-11(17)14(18)20/h4-5,7,11H,1-3,6,8H2. The Morgan fingerprint density at radius 1 is 1.15 bits per heavy atom. The lowest BCUT2D eigenvalue weighted by Crippen LogP contribution is -2.61. The smallest absolute Gasteiger partial charge is 0.250 e. The minimum atomic E-state index is -0.282. The van der Waals surface area contributed by atoms with Gasteiger partial charge in [0.05, 0.1) is 5.69 Å². The van der Waals surface area contributed by atoms with Crippen molar-refractivity contribution < 1.29 is 9.59 Å². The molecule has 1 aromatic rings. The fraction of sp³-hybridized carbons (Fsp3) is 0.429. The first-order valence-corrected chi connectivity index (χ1v) is 8.22. The van der Waals surface area contributed by atoms with Crippen LogP contribution in [0.2, 0.25) is 0 Å². The first kappa shape index (κ1) is 14.1. The van der Waals surface area contributed by atoms with E-state index in [1.807, 2.05) is 18.2 Å². The van der Waals surface area contributed by atoms with Crippen molar-refractivity contribution in [1.82, 2.24) is 4.90 Å². The molecule has 0 radical (unpaired) electrons. The van der Waals surface area contributed by atoms with Gasteiger partial charge in [-0.3, -0.25) is 9.59 Å². The normalized spacial score (nSPS) is 23.0. The summed E-state index contributed by atoms with van der Waals surface area (Å²) in [5.74, 6) is 0.0734. The van der Waals surface area contributed by atoms with Gasteiger partial charge in [0, 0.05) is 15.5 Å². The molecule has 3 rings (SSSR count). The Hall–Kier alpha value is -0.880. The van der Waals surface area contributed by atoms with Crippen molar-refractivity contribution in [3.8, 4) is 0 Å². The highest BCUT2D eigenvalue weighted by Gasteiger charge is 2.41. The van der Waals surface area contributed by atoms with Crippen LogP contribution in [-0.2, 0) is 9.59 Å². The van der Waals surface area contributed by atoms with Crippen molar-refractivity contribution in [2.45, 2.75) is 25.3 Å². The third kappa shape index (κ3) is 2.39. The summed E-state index contributed by atoms with van der Waals surface area (Å²) in [7, 11) is 0. The Labute approximate surface area is 134 Å². The second-order valence-electron chi connectivity index (χ2n) is 5.12. The van der Waals surface area contributed by atoms with Crippen molar-refractivity contribution in [2.24, 2.45) is 0 Å². The summed E-state index contributed by atoms with van der Waals surface area (Å²) in [5.41, 5.74) is 0.753. The molecule has 0 N–H and O–H groups in total. The number of halogens is 2. The third-order valence-electron chi connectivity index (χ3n) is 3.87. The lowest BCUT2D eigenvalue weighted by molar-refractivity contribution is -0.144. The first-order chi connectivity index (χ1) is 9.58. The second-order valence-corrected chi connectivity index (χ2v) is 6.89. The van der Waals surface area contributed by atoms with Gasteiger partial charge in [-0.1, -0.05) is 15.9 Å². The number of amides is 2. The van der Waals surface area contributed by atoms with Gasteiger partial charge < -0.3 is 9.80 Å². The van der Waals surface area contributed by atoms with Crippen molar-refractivity contribution >= 4 is 49.4 Å². The maximum atomic E-state index is 12.7. The summed E-state index contributed by atoms with van der Waals surface area (Å²) < 4.78 is 1.72. The molecular formula is C14H14Br2N2O2. The van der Waals surface area contributed by atoms with Crippen molar-refractivity contribution in [2.75, 3.05) is 18.0 Å². The largest absolute Gasteiger partial charge is 0.329 e. The van der Waals surface area contributed by atoms with Gasteiger partial charge >= 0.3 is 0 Å². The Morgan fingerprint density at radius 3 is 2.75 bits per heavy atom. The molecule has 6 heteroatoms. The van der Waals surface area contributed by atoms with Crippen molar-refractivity contribution in [1.29, 1.82) is 0 Å². The molecule has 0 saturated carbocycles. The number of benzene rings is 1. The number of fused-ring (bicyclic) bond motifs is 1. The Bertz CT molecular complexity index is 576. The van der Waals surface area contributed by atoms with Crippen LogP contribution in [0, 0.1) is 0 Å². The van der Waals surface area contributed by atoms with E-state index in [2.05, 4.69) is 31.9 Å². The highest BCUT2D eigenvalue weighted by Crippen LogP contribution is 2.33. The van der Waals surface area contributed by atoms with Crippen molar-refractivity contribution in [3.63, 3.8) is 0 Å². The van der Waals surface area contributed by atoms with E-state index in [0.29, 0.717) is 6.54 Å². The molecule has 1 aromatic carbocycles. The molecule has 2 aliphatic rings. The molecule has 2 saturated heterocycles. The third-order valence-corrected chi connectivity index (χ3v) is 5.03. The van der Waals surface area contributed by atoms with Crippen LogP contribution in [0.1, 0.15) is 19.3 Å². The van der Waals surface area contributed by atoms with E-state index < -0.39 is 0 Å². The van der Waals surface area contributed by atoms with Crippen LogP contribution in [-0.4, -0.2) is 35.8 Å². The van der Waals surface area contributed by atoms with Gasteiger partial charge in [-0.25, -0.2) is 0 Å². The lowest BCUT2D eigenvalue weighted by Gasteiger charge is -2.42. The molecule has 4 nitrogen and oxygen atoms in total. The van der Waals surface area contributed by atoms with Crippen LogP contribution < -0.4 is 4.90 Å². The zero-order valence-electron chi connectivity index (χ0n) is 10.8. The van der Waals surface area contributed by atoms with E-state index in [4.69, 9.17) is 0 Å². The zero-order chi connectivity index (χ0) is 14.3. The monoisotopic (exact) mass is 400 g/mol. The van der Waals surface area contributed by atoms with E-state index in [9.17, 15) is 9.59 Å². The first-order valence-electron chi connectivity index (χ1n) is 6.64. The van der Waals surface area contributed by atoms with Gasteiger partial charge in [-0.15, -0.1) is 0 Å². The highest BCUT2D eigenvalue weighted by molar-refractivity contribution is 9.11. The lowest BCUT2D eigenvalue weighted by atomic mass is 9.98. The molecule has 0 aromatic heterocycles. The molecule has 2 heterocycles. The molecule has 0 aliphatic carbocycles. The van der Waals surface area contributed by atoms with Gasteiger partial charge in [-0.2, -0.15) is 0 Å². The summed E-state index contributed by atoms with van der Waals surface area (Å²) >= 11 is 6.87. The molecule has 20 heavy (non-hydrogen) atoms. The molecule has 0 spiro atoms. The molecule has 1 unspecified atom stereocenters. The number of rotatable bonds is 1. The maximum absolute atomic E-state index is 12.7. The summed E-state index contributed by atoms with van der Waals surface area (Å²) in [6.45, 7) is 0.840. The highest BCUT2D eigenvalue weighted by atomic mass is 79.9. The molecule has 2 amide bonds. The predicted octanol–water partition coefficient (Wildman–Crippen LogP) is 2.94. The van der Waals surface area contributed by atoms with Crippen LogP contribution in [0.25, 0.3) is 0 Å². The summed E-state index contributed by atoms with van der Waals surface area (Å²) in [6.07, 6.45) is 2.77. The number of hydrogen-bond donors (Lipinski definition) is 0. The Kier molecular flexibility index (Phi) is 3.86. The molecule has 1 atom stereocenters. The van der Waals surface area contributed by atoms with E-state index >= 15 is 0 Å². The number of hydrogen-bond acceptors (Lipinski definition) is 2. The van der Waals surface area contributed by atoms with Crippen LogP contribution in [0.3, 0.4) is 0 Å². The minimum absolute atomic E-state index is 0.0306. The molecule has 2 fully saturated rings. The predicted molar refractivity (Wildman–Crippen MR) is 83.5 cm³/mol. The van der Waals surface area contributed by atoms with Gasteiger partial charge in [-0.05, 0) is 53.4 Å². The number of piperazine rings is 1. The van der Waals surface area contributed by atoms with Gasteiger partial charge in [0.1, 0.15) is 12.6 Å². The van der Waals surface area contributed by atoms with Gasteiger partial charge in [0.15, 0.2) is 0 Å². The van der Waals surface area contributed by atoms with Crippen LogP contribution in [0.4, 0.5) is 5.69 Å². The van der Waals surface area contributed by atoms with Crippen LogP contribution in [0.15, 0.2) is 27.1 Å². The molecule has 2 aliphatic heterocycles. The second kappa shape index (κ2) is 5.48. The van der Waals surface area contributed by atoms with Crippen molar-refractivity contribution in [3.05, 3.63) is 27.1 Å². The summed E-state index contributed by atoms with van der Waals surface area (Å²) in [5, 5.41) is 0. The molecule has 106 valence electrons. The molecular weight excluding hydrogens is 388 g/mol. The average Bonchev–Trinajstić information content (AvgIpc) is 2.46. The fourth-order valence-corrected chi connectivity index (χ4v) is 3.68. The fourth-order valence-electron chi connectivity index (χ4n) is 2.87. The Balaban J connectivity index is 1.96. The summed E-state index contributed by atoms with van der Waals surface area (Å²) in [6, 6.07) is 5.37. The van der Waals surface area contributed by atoms with Gasteiger partial charge in [0.2, 0.25) is 11.8 Å². The van der Waals surface area contributed by atoms with E-state index in [1.165, 1.54) is 0 Å². The number of carbonyl (C=O) groups is 2. The SMILES string of the molecule is O=C1C2CCCCN2C(=O)CN1c1cc(Br)ccc1Br. The number of nitrogens with zero attached hydrogens (tertiary/aromatic N) is 2. The van der Waals surface area contributed by atoms with E-state index in [1.54, 1.807) is 9.80 Å². The van der Waals surface area contributed by atoms with E-state index in [0.717, 1.165) is 33.9 Å². The topological polar surface area (TPSA) is 40.6 Å². The number of piperidine rings is 1. The maximum Gasteiger partial charge on any atom is 0.250 e. The zero-order valence-corrected chi connectivity index (χ0v) is 14.0. The summed E-state index contributed by atoms with van der Waals surface area (Å²) in [4.78, 5) is 28.3. The van der Waals surface area contributed by atoms with E-state index in [-0.39, 0.29) is 24.4 Å². The van der Waals surface area contributed by atoms with Crippen LogP contribution >= 0.6 is 31.9 Å². The minimum Gasteiger partial charge on any atom is -0.329 e. The Morgan fingerprint density at radius 2 is 1.95 bits per heavy atom.